The lowest BCUT2D eigenvalue weighted by atomic mass is 9.97. The summed E-state index contributed by atoms with van der Waals surface area (Å²) >= 11 is 0. The lowest BCUT2D eigenvalue weighted by Gasteiger charge is -2.19. The van der Waals surface area contributed by atoms with Crippen molar-refractivity contribution in [2.75, 3.05) is 26.6 Å². The third-order valence-corrected chi connectivity index (χ3v) is 3.96. The Kier molecular flexibility index (Phi) is 6.28. The molecule has 0 atom stereocenters. The van der Waals surface area contributed by atoms with E-state index in [1.807, 2.05) is 12.1 Å². The average molecular weight is 373 g/mol. The molecule has 1 amide bonds. The first-order valence-electron chi connectivity index (χ1n) is 8.22. The first-order valence-corrected chi connectivity index (χ1v) is 8.22. The lowest BCUT2D eigenvalue weighted by molar-refractivity contribution is -0.132. The van der Waals surface area contributed by atoms with Crippen molar-refractivity contribution in [3.05, 3.63) is 29.8 Å². The fourth-order valence-corrected chi connectivity index (χ4v) is 2.86. The standard InChI is InChI=1S/C20H23NO6/c1-11-14(7-9-16(21-12(2)22)18(11)27-13(3)23)15-8-10-17(24-4)20(26-6)19(15)25-5/h7-10H,1-6H3,(H,21,22). The van der Waals surface area contributed by atoms with Crippen LogP contribution in [0.15, 0.2) is 24.3 Å². The van der Waals surface area contributed by atoms with E-state index in [0.717, 1.165) is 11.1 Å². The molecule has 0 aromatic heterocycles. The maximum atomic E-state index is 11.6. The van der Waals surface area contributed by atoms with Crippen LogP contribution in [0.5, 0.6) is 23.0 Å². The van der Waals surface area contributed by atoms with Gasteiger partial charge < -0.3 is 24.3 Å². The average Bonchev–Trinajstić information content (AvgIpc) is 2.62. The molecule has 0 saturated heterocycles. The zero-order valence-electron chi connectivity index (χ0n) is 16.3. The second kappa shape index (κ2) is 8.44. The number of hydrogen-bond donors (Lipinski definition) is 1. The van der Waals surface area contributed by atoms with Crippen molar-refractivity contribution < 1.29 is 28.5 Å². The molecular formula is C20H23NO6. The zero-order valence-corrected chi connectivity index (χ0v) is 16.3. The molecule has 144 valence electrons. The normalized spacial score (nSPS) is 10.1. The molecule has 2 aromatic rings. The maximum absolute atomic E-state index is 11.6. The molecule has 2 rings (SSSR count). The SMILES string of the molecule is COc1ccc(-c2ccc(NC(C)=O)c(OC(C)=O)c2C)c(OC)c1OC. The van der Waals surface area contributed by atoms with Gasteiger partial charge in [-0.1, -0.05) is 6.07 Å². The van der Waals surface area contributed by atoms with Crippen LogP contribution in [-0.2, 0) is 9.59 Å². The van der Waals surface area contributed by atoms with Gasteiger partial charge in [0.1, 0.15) is 0 Å². The fourth-order valence-electron chi connectivity index (χ4n) is 2.86. The predicted octanol–water partition coefficient (Wildman–Crippen LogP) is 3.57. The summed E-state index contributed by atoms with van der Waals surface area (Å²) in [7, 11) is 4.61. The van der Waals surface area contributed by atoms with Crippen molar-refractivity contribution in [3.63, 3.8) is 0 Å². The Bertz CT molecular complexity index is 875. The quantitative estimate of drug-likeness (QED) is 0.616. The van der Waals surface area contributed by atoms with Crippen LogP contribution >= 0.6 is 0 Å². The fraction of sp³-hybridized carbons (Fsp3) is 0.300. The van der Waals surface area contributed by atoms with Gasteiger partial charge in [-0.15, -0.1) is 0 Å². The summed E-state index contributed by atoms with van der Waals surface area (Å²) in [5.41, 5.74) is 2.58. The van der Waals surface area contributed by atoms with Crippen molar-refractivity contribution in [3.8, 4) is 34.1 Å². The van der Waals surface area contributed by atoms with Crippen molar-refractivity contribution in [2.24, 2.45) is 0 Å². The van der Waals surface area contributed by atoms with Gasteiger partial charge in [-0.2, -0.15) is 0 Å². The molecule has 0 fully saturated rings. The summed E-state index contributed by atoms with van der Waals surface area (Å²) < 4.78 is 21.7. The summed E-state index contributed by atoms with van der Waals surface area (Å²) in [6.45, 7) is 4.49. The van der Waals surface area contributed by atoms with E-state index in [1.165, 1.54) is 28.1 Å². The topological polar surface area (TPSA) is 83.1 Å². The van der Waals surface area contributed by atoms with Crippen molar-refractivity contribution >= 4 is 17.6 Å². The van der Waals surface area contributed by atoms with Gasteiger partial charge in [0.05, 0.1) is 27.0 Å². The summed E-state index contributed by atoms with van der Waals surface area (Å²) in [5, 5.41) is 2.68. The number of amides is 1. The largest absolute Gasteiger partial charge is 0.493 e. The van der Waals surface area contributed by atoms with Crippen LogP contribution in [0.1, 0.15) is 19.4 Å². The van der Waals surface area contributed by atoms with E-state index < -0.39 is 5.97 Å². The van der Waals surface area contributed by atoms with E-state index in [9.17, 15) is 9.59 Å². The van der Waals surface area contributed by atoms with Gasteiger partial charge in [0.25, 0.3) is 0 Å². The van der Waals surface area contributed by atoms with Crippen LogP contribution in [-0.4, -0.2) is 33.2 Å². The molecule has 7 nitrogen and oxygen atoms in total. The van der Waals surface area contributed by atoms with Crippen LogP contribution in [0.2, 0.25) is 0 Å². The Balaban J connectivity index is 2.72. The third kappa shape index (κ3) is 4.13. The molecule has 0 aliphatic rings. The van der Waals surface area contributed by atoms with Gasteiger partial charge in [-0.05, 0) is 30.7 Å². The molecule has 1 N–H and O–H groups in total. The number of rotatable bonds is 6. The molecule has 0 unspecified atom stereocenters. The van der Waals surface area contributed by atoms with E-state index in [2.05, 4.69) is 5.32 Å². The minimum atomic E-state index is -0.485. The van der Waals surface area contributed by atoms with Crippen LogP contribution in [0.3, 0.4) is 0 Å². The van der Waals surface area contributed by atoms with Crippen LogP contribution < -0.4 is 24.3 Å². The number of nitrogens with one attached hydrogen (secondary N) is 1. The van der Waals surface area contributed by atoms with Gasteiger partial charge in [-0.3, -0.25) is 9.59 Å². The Labute approximate surface area is 158 Å². The molecule has 27 heavy (non-hydrogen) atoms. The highest BCUT2D eigenvalue weighted by molar-refractivity contribution is 5.93. The molecule has 0 heterocycles. The molecule has 0 bridgehead atoms. The minimum absolute atomic E-state index is 0.265. The number of ether oxygens (including phenoxy) is 4. The number of hydrogen-bond acceptors (Lipinski definition) is 6. The Morgan fingerprint density at radius 2 is 1.44 bits per heavy atom. The van der Waals surface area contributed by atoms with Gasteiger partial charge in [-0.25, -0.2) is 0 Å². The zero-order chi connectivity index (χ0) is 20.1. The highest BCUT2D eigenvalue weighted by Crippen LogP contribution is 2.47. The maximum Gasteiger partial charge on any atom is 0.308 e. The summed E-state index contributed by atoms with van der Waals surface area (Å²) in [6, 6.07) is 7.09. The minimum Gasteiger partial charge on any atom is -0.493 e. The first kappa shape index (κ1) is 20.1. The monoisotopic (exact) mass is 373 g/mol. The van der Waals surface area contributed by atoms with Crippen molar-refractivity contribution in [2.45, 2.75) is 20.8 Å². The van der Waals surface area contributed by atoms with Crippen molar-refractivity contribution in [1.29, 1.82) is 0 Å². The number of carbonyl (C=O) groups is 2. The molecule has 0 aliphatic carbocycles. The summed E-state index contributed by atoms with van der Waals surface area (Å²) in [6.07, 6.45) is 0. The van der Waals surface area contributed by atoms with Crippen LogP contribution in [0.25, 0.3) is 11.1 Å². The van der Waals surface area contributed by atoms with Crippen LogP contribution in [0, 0.1) is 6.92 Å². The van der Waals surface area contributed by atoms with Gasteiger partial charge in [0.2, 0.25) is 11.7 Å². The van der Waals surface area contributed by atoms with E-state index >= 15 is 0 Å². The first-order chi connectivity index (χ1) is 12.8. The highest BCUT2D eigenvalue weighted by atomic mass is 16.5. The van der Waals surface area contributed by atoms with E-state index in [0.29, 0.717) is 28.5 Å². The third-order valence-electron chi connectivity index (χ3n) is 3.96. The Morgan fingerprint density at radius 1 is 0.815 bits per heavy atom. The summed E-state index contributed by atoms with van der Waals surface area (Å²) in [5.74, 6) is 1.01. The molecule has 0 radical (unpaired) electrons. The van der Waals surface area contributed by atoms with E-state index in [1.54, 1.807) is 26.2 Å². The summed E-state index contributed by atoms with van der Waals surface area (Å²) in [4.78, 5) is 23.0. The lowest BCUT2D eigenvalue weighted by Crippen LogP contribution is -2.11. The Hall–Kier alpha value is -3.22. The highest BCUT2D eigenvalue weighted by Gasteiger charge is 2.21. The Morgan fingerprint density at radius 3 is 1.96 bits per heavy atom. The number of anilines is 1. The second-order valence-electron chi connectivity index (χ2n) is 5.77. The molecule has 0 aliphatic heterocycles. The molecule has 0 spiro atoms. The smallest absolute Gasteiger partial charge is 0.308 e. The molecule has 0 saturated carbocycles. The number of methoxy groups -OCH3 is 3. The van der Waals surface area contributed by atoms with Crippen molar-refractivity contribution in [1.82, 2.24) is 0 Å². The van der Waals surface area contributed by atoms with Crippen LogP contribution in [0.4, 0.5) is 5.69 Å². The van der Waals surface area contributed by atoms with E-state index in [-0.39, 0.29) is 11.7 Å². The van der Waals surface area contributed by atoms with E-state index in [4.69, 9.17) is 18.9 Å². The van der Waals surface area contributed by atoms with Gasteiger partial charge in [0, 0.05) is 25.0 Å². The second-order valence-corrected chi connectivity index (χ2v) is 5.77. The number of carbonyl (C=O) groups excluding carboxylic acids is 2. The molecule has 7 heteroatoms. The number of esters is 1. The van der Waals surface area contributed by atoms with Gasteiger partial charge >= 0.3 is 5.97 Å². The number of benzene rings is 2. The van der Waals surface area contributed by atoms with Gasteiger partial charge in [0.15, 0.2) is 17.2 Å². The molecular weight excluding hydrogens is 350 g/mol. The molecule has 2 aromatic carbocycles. The predicted molar refractivity (Wildman–Crippen MR) is 102 cm³/mol.